The molecule has 30 heavy (non-hydrogen) atoms. The Bertz CT molecular complexity index is 1250. The summed E-state index contributed by atoms with van der Waals surface area (Å²) >= 11 is 0. The molecule has 1 aliphatic rings. The zero-order chi connectivity index (χ0) is 20.7. The average Bonchev–Trinajstić information content (AvgIpc) is 3.51. The van der Waals surface area contributed by atoms with E-state index in [9.17, 15) is 10.1 Å². The van der Waals surface area contributed by atoms with E-state index in [1.54, 1.807) is 12.1 Å². The predicted molar refractivity (Wildman–Crippen MR) is 110 cm³/mol. The van der Waals surface area contributed by atoms with Crippen LogP contribution in [0.15, 0.2) is 51.5 Å². The molecular weight excluding hydrogens is 382 g/mol. The normalized spacial score (nSPS) is 14.3. The van der Waals surface area contributed by atoms with Crippen molar-refractivity contribution in [1.82, 2.24) is 14.9 Å². The van der Waals surface area contributed by atoms with Gasteiger partial charge in [0, 0.05) is 37.1 Å². The van der Waals surface area contributed by atoms with E-state index >= 15 is 0 Å². The summed E-state index contributed by atoms with van der Waals surface area (Å²) in [7, 11) is 0. The number of hydrogen-bond acceptors (Lipinski definition) is 6. The highest BCUT2D eigenvalue weighted by molar-refractivity contribution is 5.98. The third-order valence-corrected chi connectivity index (χ3v) is 5.31. The van der Waals surface area contributed by atoms with Crippen LogP contribution in [-0.2, 0) is 0 Å². The summed E-state index contributed by atoms with van der Waals surface area (Å²) in [5.41, 5.74) is 2.91. The van der Waals surface area contributed by atoms with Gasteiger partial charge in [-0.25, -0.2) is 0 Å². The van der Waals surface area contributed by atoms with Crippen LogP contribution < -0.4 is 4.90 Å². The quantitative estimate of drug-likeness (QED) is 0.563. The Hall–Kier alpha value is -3.99. The van der Waals surface area contributed by atoms with Gasteiger partial charge in [-0.3, -0.25) is 4.79 Å². The van der Waals surface area contributed by atoms with Crippen LogP contribution in [0.2, 0.25) is 0 Å². The maximum absolute atomic E-state index is 13.0. The Kier molecular flexibility index (Phi) is 4.29. The summed E-state index contributed by atoms with van der Waals surface area (Å²) in [5.74, 6) is 1.13. The van der Waals surface area contributed by atoms with E-state index in [0.717, 1.165) is 16.5 Å². The molecule has 1 saturated heterocycles. The van der Waals surface area contributed by atoms with E-state index in [1.807, 2.05) is 34.9 Å². The molecule has 1 aromatic carbocycles. The molecule has 8 heteroatoms. The van der Waals surface area contributed by atoms with Gasteiger partial charge in [-0.1, -0.05) is 11.6 Å². The molecule has 0 unspecified atom stereocenters. The highest BCUT2D eigenvalue weighted by atomic mass is 16.4. The fourth-order valence-corrected chi connectivity index (χ4v) is 3.76. The molecule has 8 nitrogen and oxygen atoms in total. The van der Waals surface area contributed by atoms with Crippen molar-refractivity contribution >= 4 is 22.7 Å². The fraction of sp³-hybridized carbons (Fsp3) is 0.227. The fourth-order valence-electron chi connectivity index (χ4n) is 3.76. The number of rotatable bonds is 3. The van der Waals surface area contributed by atoms with Crippen LogP contribution in [-0.4, -0.2) is 47.0 Å². The van der Waals surface area contributed by atoms with Crippen molar-refractivity contribution < 1.29 is 13.6 Å². The average molecular weight is 401 g/mol. The lowest BCUT2D eigenvalue weighted by Gasteiger charge is -2.34. The Morgan fingerprint density at radius 2 is 2.03 bits per heavy atom. The number of aromatic nitrogens is 2. The van der Waals surface area contributed by atoms with Crippen LogP contribution in [0.4, 0.5) is 5.88 Å². The second kappa shape index (κ2) is 7.12. The molecule has 0 aliphatic carbocycles. The maximum Gasteiger partial charge on any atom is 0.270 e. The molecule has 1 fully saturated rings. The number of hydrogen-bond donors (Lipinski definition) is 1. The molecular formula is C22H19N5O3. The Balaban J connectivity index is 1.31. The van der Waals surface area contributed by atoms with Gasteiger partial charge in [0.1, 0.15) is 11.8 Å². The van der Waals surface area contributed by atoms with Crippen molar-refractivity contribution in [1.29, 1.82) is 5.26 Å². The number of carbonyl (C=O) groups excluding carboxylic acids is 1. The lowest BCUT2D eigenvalue weighted by atomic mass is 10.2. The Labute approximate surface area is 172 Å². The van der Waals surface area contributed by atoms with Crippen LogP contribution in [0.3, 0.4) is 0 Å². The number of furan rings is 1. The number of anilines is 1. The largest absolute Gasteiger partial charge is 0.459 e. The number of fused-ring (bicyclic) bond motifs is 1. The molecule has 1 aliphatic heterocycles. The molecule has 1 amide bonds. The molecule has 1 N–H and O–H groups in total. The minimum atomic E-state index is -0.0298. The van der Waals surface area contributed by atoms with Crippen LogP contribution in [0.5, 0.6) is 0 Å². The van der Waals surface area contributed by atoms with Gasteiger partial charge in [0.25, 0.3) is 11.8 Å². The molecule has 3 aromatic heterocycles. The number of piperazine rings is 1. The lowest BCUT2D eigenvalue weighted by Crippen LogP contribution is -2.49. The van der Waals surface area contributed by atoms with Gasteiger partial charge in [-0.05, 0) is 37.3 Å². The number of oxazole rings is 1. The van der Waals surface area contributed by atoms with Crippen molar-refractivity contribution in [3.63, 3.8) is 0 Å². The SMILES string of the molecule is Cc1ccc2[nH]c(C(=O)N3CCN(c4oc(-c5ccco5)nc4C#N)CC3)cc2c1. The summed E-state index contributed by atoms with van der Waals surface area (Å²) in [5, 5.41) is 10.5. The number of amides is 1. The number of aryl methyl sites for hydroxylation is 1. The molecule has 0 saturated carbocycles. The smallest absolute Gasteiger partial charge is 0.270 e. The van der Waals surface area contributed by atoms with Gasteiger partial charge in [0.05, 0.1) is 6.26 Å². The summed E-state index contributed by atoms with van der Waals surface area (Å²) in [6.07, 6.45) is 1.53. The Morgan fingerprint density at radius 1 is 1.20 bits per heavy atom. The maximum atomic E-state index is 13.0. The molecule has 0 spiro atoms. The van der Waals surface area contributed by atoms with Crippen molar-refractivity contribution in [3.8, 4) is 17.7 Å². The van der Waals surface area contributed by atoms with Gasteiger partial charge in [-0.2, -0.15) is 10.2 Å². The van der Waals surface area contributed by atoms with E-state index in [0.29, 0.717) is 43.5 Å². The van der Waals surface area contributed by atoms with E-state index in [4.69, 9.17) is 8.83 Å². The van der Waals surface area contributed by atoms with E-state index in [2.05, 4.69) is 22.1 Å². The van der Waals surface area contributed by atoms with Crippen LogP contribution in [0.25, 0.3) is 22.6 Å². The van der Waals surface area contributed by atoms with Gasteiger partial charge in [0.2, 0.25) is 11.6 Å². The summed E-state index contributed by atoms with van der Waals surface area (Å²) in [6.45, 7) is 4.17. The van der Waals surface area contributed by atoms with E-state index in [-0.39, 0.29) is 17.5 Å². The lowest BCUT2D eigenvalue weighted by molar-refractivity contribution is 0.0740. The number of nitriles is 1. The highest BCUT2D eigenvalue weighted by Crippen LogP contribution is 2.29. The van der Waals surface area contributed by atoms with Crippen molar-refractivity contribution in [2.24, 2.45) is 0 Å². The summed E-state index contributed by atoms with van der Waals surface area (Å²) < 4.78 is 11.1. The minimum absolute atomic E-state index is 0.0298. The van der Waals surface area contributed by atoms with Crippen molar-refractivity contribution in [2.45, 2.75) is 6.92 Å². The number of H-pyrrole nitrogens is 1. The molecule has 0 atom stereocenters. The highest BCUT2D eigenvalue weighted by Gasteiger charge is 2.28. The first-order valence-corrected chi connectivity index (χ1v) is 9.71. The van der Waals surface area contributed by atoms with Crippen LogP contribution in [0, 0.1) is 18.3 Å². The molecule has 4 heterocycles. The van der Waals surface area contributed by atoms with Crippen molar-refractivity contribution in [3.05, 3.63) is 59.6 Å². The van der Waals surface area contributed by atoms with Gasteiger partial charge in [0.15, 0.2) is 5.76 Å². The van der Waals surface area contributed by atoms with Crippen molar-refractivity contribution in [2.75, 3.05) is 31.1 Å². The molecule has 150 valence electrons. The van der Waals surface area contributed by atoms with Crippen LogP contribution in [0.1, 0.15) is 21.7 Å². The third kappa shape index (κ3) is 3.10. The van der Waals surface area contributed by atoms with E-state index < -0.39 is 0 Å². The number of nitrogens with zero attached hydrogens (tertiary/aromatic N) is 4. The first-order valence-electron chi connectivity index (χ1n) is 9.71. The number of aromatic amines is 1. The Morgan fingerprint density at radius 3 is 2.77 bits per heavy atom. The number of carbonyl (C=O) groups is 1. The van der Waals surface area contributed by atoms with E-state index in [1.165, 1.54) is 6.26 Å². The monoisotopic (exact) mass is 401 g/mol. The molecule has 0 radical (unpaired) electrons. The first-order chi connectivity index (χ1) is 14.6. The predicted octanol–water partition coefficient (Wildman–Crippen LogP) is 3.56. The standard InChI is InChI=1S/C22H19N5O3/c1-14-4-5-16-15(11-14)12-17(24-16)21(28)26-6-8-27(9-7-26)22-18(13-23)25-20(30-22)19-3-2-10-29-19/h2-5,10-12,24H,6-9H2,1H3. The zero-order valence-electron chi connectivity index (χ0n) is 16.4. The van der Waals surface area contributed by atoms with Crippen LogP contribution >= 0.6 is 0 Å². The van der Waals surface area contributed by atoms with Gasteiger partial charge < -0.3 is 23.6 Å². The second-order valence-electron chi connectivity index (χ2n) is 7.31. The number of benzene rings is 1. The molecule has 0 bridgehead atoms. The van der Waals surface area contributed by atoms with Gasteiger partial charge >= 0.3 is 0 Å². The number of nitrogens with one attached hydrogen (secondary N) is 1. The zero-order valence-corrected chi connectivity index (χ0v) is 16.4. The first kappa shape index (κ1) is 18.1. The van der Waals surface area contributed by atoms with Gasteiger partial charge in [-0.15, -0.1) is 0 Å². The third-order valence-electron chi connectivity index (χ3n) is 5.31. The second-order valence-corrected chi connectivity index (χ2v) is 7.31. The molecule has 5 rings (SSSR count). The summed E-state index contributed by atoms with van der Waals surface area (Å²) in [6, 6.07) is 13.5. The molecule has 4 aromatic rings. The topological polar surface area (TPSA) is 102 Å². The minimum Gasteiger partial charge on any atom is -0.459 e. The summed E-state index contributed by atoms with van der Waals surface area (Å²) in [4.78, 5) is 24.1.